The maximum absolute atomic E-state index is 5.57. The van der Waals surface area contributed by atoms with Crippen LogP contribution < -0.4 is 11.1 Å². The van der Waals surface area contributed by atoms with E-state index in [2.05, 4.69) is 16.9 Å². The van der Waals surface area contributed by atoms with Gasteiger partial charge >= 0.3 is 0 Å². The first kappa shape index (κ1) is 9.74. The Morgan fingerprint density at radius 3 is 3.00 bits per heavy atom. The first-order valence-electron chi connectivity index (χ1n) is 4.29. The summed E-state index contributed by atoms with van der Waals surface area (Å²) in [5, 5.41) is 3.15. The first-order chi connectivity index (χ1) is 6.27. The van der Waals surface area contributed by atoms with Crippen molar-refractivity contribution in [2.75, 3.05) is 11.9 Å². The molecule has 0 fully saturated rings. The zero-order valence-corrected chi connectivity index (χ0v) is 7.88. The average molecular weight is 177 g/mol. The predicted octanol–water partition coefficient (Wildman–Crippen LogP) is 1.45. The number of nitrogens with one attached hydrogen (secondary N) is 1. The van der Waals surface area contributed by atoms with Crippen molar-refractivity contribution in [1.82, 2.24) is 4.98 Å². The van der Waals surface area contributed by atoms with E-state index in [4.69, 9.17) is 5.73 Å². The molecule has 3 heteroatoms. The topological polar surface area (TPSA) is 50.9 Å². The van der Waals surface area contributed by atoms with E-state index in [-0.39, 0.29) is 0 Å². The van der Waals surface area contributed by atoms with Gasteiger partial charge < -0.3 is 11.1 Å². The Bertz CT molecular complexity index is 294. The third kappa shape index (κ3) is 2.56. The largest absolute Gasteiger partial charge is 0.366 e. The molecular weight excluding hydrogens is 162 g/mol. The third-order valence-electron chi connectivity index (χ3n) is 1.75. The zero-order valence-electron chi connectivity index (χ0n) is 7.88. The van der Waals surface area contributed by atoms with E-state index < -0.39 is 0 Å². The molecule has 1 heterocycles. The molecule has 0 aromatic carbocycles. The highest BCUT2D eigenvalue weighted by Gasteiger charge is 2.00. The van der Waals surface area contributed by atoms with Gasteiger partial charge in [0.15, 0.2) is 0 Å². The number of nitrogens with zero attached hydrogens (tertiary/aromatic N) is 1. The smallest absolute Gasteiger partial charge is 0.130 e. The average Bonchev–Trinajstić information content (AvgIpc) is 2.15. The van der Waals surface area contributed by atoms with Crippen LogP contribution in [0.5, 0.6) is 0 Å². The summed E-state index contributed by atoms with van der Waals surface area (Å²) in [7, 11) is 0. The van der Waals surface area contributed by atoms with Crippen molar-refractivity contribution in [2.24, 2.45) is 5.73 Å². The maximum atomic E-state index is 5.57. The lowest BCUT2D eigenvalue weighted by Crippen LogP contribution is -2.07. The molecule has 0 bridgehead atoms. The Kier molecular flexibility index (Phi) is 3.46. The summed E-state index contributed by atoms with van der Waals surface area (Å²) in [5.41, 5.74) is 7.59. The third-order valence-corrected chi connectivity index (χ3v) is 1.75. The molecular formula is C10H15N3. The molecule has 3 nitrogen and oxygen atoms in total. The van der Waals surface area contributed by atoms with E-state index in [1.165, 1.54) is 0 Å². The molecule has 0 aliphatic rings. The lowest BCUT2D eigenvalue weighted by atomic mass is 10.2. The minimum absolute atomic E-state index is 0.507. The minimum Gasteiger partial charge on any atom is -0.366 e. The van der Waals surface area contributed by atoms with Crippen LogP contribution in [-0.2, 0) is 6.54 Å². The molecule has 0 atom stereocenters. The lowest BCUT2D eigenvalue weighted by molar-refractivity contribution is 1.03. The van der Waals surface area contributed by atoms with Crippen molar-refractivity contribution in [2.45, 2.75) is 13.5 Å². The van der Waals surface area contributed by atoms with Crippen molar-refractivity contribution < 1.29 is 0 Å². The molecule has 3 N–H and O–H groups in total. The number of hydrogen-bond acceptors (Lipinski definition) is 3. The second-order valence-corrected chi connectivity index (χ2v) is 2.83. The van der Waals surface area contributed by atoms with Gasteiger partial charge in [-0.05, 0) is 13.0 Å². The molecule has 1 aromatic heterocycles. The van der Waals surface area contributed by atoms with Gasteiger partial charge in [-0.1, -0.05) is 12.1 Å². The summed E-state index contributed by atoms with van der Waals surface area (Å²) in [6.07, 6.45) is 1.80. The molecule has 1 rings (SSSR count). The Balaban J connectivity index is 2.87. The molecule has 0 amide bonds. The van der Waals surface area contributed by atoms with E-state index in [1.54, 1.807) is 6.08 Å². The van der Waals surface area contributed by atoms with Gasteiger partial charge in [-0.3, -0.25) is 0 Å². The number of aromatic nitrogens is 1. The fourth-order valence-electron chi connectivity index (χ4n) is 1.07. The Morgan fingerprint density at radius 2 is 2.38 bits per heavy atom. The molecule has 0 saturated heterocycles. The monoisotopic (exact) mass is 177 g/mol. The van der Waals surface area contributed by atoms with Gasteiger partial charge in [-0.25, -0.2) is 4.98 Å². The van der Waals surface area contributed by atoms with Gasteiger partial charge in [0.1, 0.15) is 5.82 Å². The van der Waals surface area contributed by atoms with E-state index in [1.807, 2.05) is 19.1 Å². The highest BCUT2D eigenvalue weighted by molar-refractivity contribution is 5.45. The molecule has 0 saturated carbocycles. The fourth-order valence-corrected chi connectivity index (χ4v) is 1.07. The summed E-state index contributed by atoms with van der Waals surface area (Å²) in [6.45, 7) is 6.81. The van der Waals surface area contributed by atoms with E-state index in [0.29, 0.717) is 13.1 Å². The van der Waals surface area contributed by atoms with Gasteiger partial charge in [-0.15, -0.1) is 6.58 Å². The van der Waals surface area contributed by atoms with Crippen molar-refractivity contribution in [1.29, 1.82) is 0 Å². The van der Waals surface area contributed by atoms with Crippen molar-refractivity contribution in [3.05, 3.63) is 36.0 Å². The molecule has 70 valence electrons. The van der Waals surface area contributed by atoms with Crippen LogP contribution in [0.15, 0.2) is 24.8 Å². The van der Waals surface area contributed by atoms with Crippen LogP contribution in [0, 0.1) is 6.92 Å². The molecule has 0 aliphatic carbocycles. The lowest BCUT2D eigenvalue weighted by Gasteiger charge is -2.08. The van der Waals surface area contributed by atoms with Crippen molar-refractivity contribution in [3.63, 3.8) is 0 Å². The number of aryl methyl sites for hydroxylation is 1. The van der Waals surface area contributed by atoms with Crippen LogP contribution in [0.4, 0.5) is 5.82 Å². The van der Waals surface area contributed by atoms with Gasteiger partial charge in [0.2, 0.25) is 0 Å². The second kappa shape index (κ2) is 4.62. The van der Waals surface area contributed by atoms with Crippen LogP contribution >= 0.6 is 0 Å². The fraction of sp³-hybridized carbons (Fsp3) is 0.300. The minimum atomic E-state index is 0.507. The van der Waals surface area contributed by atoms with E-state index >= 15 is 0 Å². The van der Waals surface area contributed by atoms with Gasteiger partial charge in [0.25, 0.3) is 0 Å². The molecule has 0 radical (unpaired) electrons. The number of anilines is 1. The standard InChI is InChI=1S/C10H15N3/c1-3-6-12-10-9(7-11)5-4-8(2)13-10/h3-5H,1,6-7,11H2,2H3,(H,12,13). The molecule has 0 unspecified atom stereocenters. The second-order valence-electron chi connectivity index (χ2n) is 2.83. The van der Waals surface area contributed by atoms with Crippen molar-refractivity contribution in [3.8, 4) is 0 Å². The van der Waals surface area contributed by atoms with Crippen LogP contribution in [0.2, 0.25) is 0 Å². The Hall–Kier alpha value is -1.35. The van der Waals surface area contributed by atoms with E-state index in [9.17, 15) is 0 Å². The highest BCUT2D eigenvalue weighted by atomic mass is 15.0. The number of pyridine rings is 1. The Labute approximate surface area is 78.7 Å². The summed E-state index contributed by atoms with van der Waals surface area (Å²) in [5.74, 6) is 0.863. The van der Waals surface area contributed by atoms with Crippen LogP contribution in [0.3, 0.4) is 0 Å². The summed E-state index contributed by atoms with van der Waals surface area (Å²) < 4.78 is 0. The highest BCUT2D eigenvalue weighted by Crippen LogP contribution is 2.11. The van der Waals surface area contributed by atoms with Crippen LogP contribution in [-0.4, -0.2) is 11.5 Å². The summed E-state index contributed by atoms with van der Waals surface area (Å²) >= 11 is 0. The molecule has 0 spiro atoms. The van der Waals surface area contributed by atoms with E-state index in [0.717, 1.165) is 17.1 Å². The number of nitrogens with two attached hydrogens (primary N) is 1. The maximum Gasteiger partial charge on any atom is 0.130 e. The number of hydrogen-bond donors (Lipinski definition) is 2. The van der Waals surface area contributed by atoms with Crippen LogP contribution in [0.1, 0.15) is 11.3 Å². The van der Waals surface area contributed by atoms with Gasteiger partial charge in [0, 0.05) is 24.3 Å². The normalized spacial score (nSPS) is 9.69. The SMILES string of the molecule is C=CCNc1nc(C)ccc1CN. The van der Waals surface area contributed by atoms with Gasteiger partial charge in [-0.2, -0.15) is 0 Å². The Morgan fingerprint density at radius 1 is 1.62 bits per heavy atom. The number of rotatable bonds is 4. The van der Waals surface area contributed by atoms with Crippen molar-refractivity contribution >= 4 is 5.82 Å². The van der Waals surface area contributed by atoms with Gasteiger partial charge in [0.05, 0.1) is 0 Å². The van der Waals surface area contributed by atoms with Crippen LogP contribution in [0.25, 0.3) is 0 Å². The summed E-state index contributed by atoms with van der Waals surface area (Å²) in [6, 6.07) is 3.95. The first-order valence-corrected chi connectivity index (χ1v) is 4.29. The molecule has 1 aromatic rings. The zero-order chi connectivity index (χ0) is 9.68. The predicted molar refractivity (Wildman–Crippen MR) is 55.6 cm³/mol. The quantitative estimate of drug-likeness (QED) is 0.684. The summed E-state index contributed by atoms with van der Waals surface area (Å²) in [4.78, 5) is 4.34. The molecule has 0 aliphatic heterocycles. The molecule has 13 heavy (non-hydrogen) atoms.